The number of hydrogen-bond donors (Lipinski definition) is 0. The Labute approximate surface area is 215 Å². The van der Waals surface area contributed by atoms with E-state index in [2.05, 4.69) is 9.80 Å². The molecular weight excluding hydrogens is 485 g/mol. The van der Waals surface area contributed by atoms with E-state index < -0.39 is 11.7 Å². The van der Waals surface area contributed by atoms with Gasteiger partial charge in [0.05, 0.1) is 32.6 Å². The maximum atomic E-state index is 12.9. The maximum Gasteiger partial charge on any atom is 0.416 e. The SMILES string of the molecule is COc1ccc(CN2CCN(Cc3nc(-c4ccc(C(F)(F)F)cc4)n(C)c3C)CC2)c(OC)c1OC. The van der Waals surface area contributed by atoms with Gasteiger partial charge in [-0.25, -0.2) is 4.98 Å². The van der Waals surface area contributed by atoms with Gasteiger partial charge >= 0.3 is 6.18 Å². The summed E-state index contributed by atoms with van der Waals surface area (Å²) in [5, 5.41) is 0. The molecule has 0 bridgehead atoms. The summed E-state index contributed by atoms with van der Waals surface area (Å²) >= 11 is 0. The van der Waals surface area contributed by atoms with E-state index in [4.69, 9.17) is 19.2 Å². The van der Waals surface area contributed by atoms with Crippen molar-refractivity contribution in [3.8, 4) is 28.6 Å². The number of rotatable bonds is 8. The van der Waals surface area contributed by atoms with Crippen molar-refractivity contribution in [2.24, 2.45) is 7.05 Å². The summed E-state index contributed by atoms with van der Waals surface area (Å²) < 4.78 is 57.3. The maximum absolute atomic E-state index is 12.9. The quantitative estimate of drug-likeness (QED) is 0.429. The number of aromatic nitrogens is 2. The molecule has 0 amide bonds. The second-order valence-electron chi connectivity index (χ2n) is 9.15. The fourth-order valence-electron chi connectivity index (χ4n) is 4.70. The molecule has 1 aromatic heterocycles. The monoisotopic (exact) mass is 518 g/mol. The van der Waals surface area contributed by atoms with Gasteiger partial charge in [0.2, 0.25) is 5.75 Å². The van der Waals surface area contributed by atoms with E-state index in [9.17, 15) is 13.2 Å². The molecule has 7 nitrogen and oxygen atoms in total. The van der Waals surface area contributed by atoms with Gasteiger partial charge in [0.25, 0.3) is 0 Å². The number of methoxy groups -OCH3 is 3. The van der Waals surface area contributed by atoms with Crippen LogP contribution in [0.2, 0.25) is 0 Å². The Morgan fingerprint density at radius 2 is 1.41 bits per heavy atom. The summed E-state index contributed by atoms with van der Waals surface area (Å²) in [4.78, 5) is 9.52. The Balaban J connectivity index is 1.40. The fraction of sp³-hybridized carbons (Fsp3) is 0.444. The Bertz CT molecular complexity index is 1220. The Hall–Kier alpha value is -3.24. The summed E-state index contributed by atoms with van der Waals surface area (Å²) in [7, 11) is 6.73. The molecule has 1 saturated heterocycles. The first-order chi connectivity index (χ1) is 17.7. The zero-order valence-electron chi connectivity index (χ0n) is 21.9. The number of nitrogens with zero attached hydrogens (tertiary/aromatic N) is 4. The largest absolute Gasteiger partial charge is 0.493 e. The van der Waals surface area contributed by atoms with Gasteiger partial charge < -0.3 is 18.8 Å². The highest BCUT2D eigenvalue weighted by atomic mass is 19.4. The Morgan fingerprint density at radius 1 is 0.811 bits per heavy atom. The zero-order chi connectivity index (χ0) is 26.7. The summed E-state index contributed by atoms with van der Waals surface area (Å²) in [5.74, 6) is 2.58. The topological polar surface area (TPSA) is 52.0 Å². The number of piperazine rings is 1. The highest BCUT2D eigenvalue weighted by Crippen LogP contribution is 2.40. The molecule has 0 aliphatic carbocycles. The highest BCUT2D eigenvalue weighted by Gasteiger charge is 2.30. The predicted octanol–water partition coefficient (Wildman–Crippen LogP) is 4.76. The molecular formula is C27H33F3N4O3. The first-order valence-electron chi connectivity index (χ1n) is 12.1. The molecule has 200 valence electrons. The van der Waals surface area contributed by atoms with Gasteiger partial charge in [-0.15, -0.1) is 0 Å². The first kappa shape index (κ1) is 26.8. The lowest BCUT2D eigenvalue weighted by Gasteiger charge is -2.34. The van der Waals surface area contributed by atoms with E-state index in [-0.39, 0.29) is 0 Å². The third-order valence-corrected chi connectivity index (χ3v) is 6.97. The molecule has 0 saturated carbocycles. The van der Waals surface area contributed by atoms with Gasteiger partial charge in [0.1, 0.15) is 5.82 Å². The van der Waals surface area contributed by atoms with Gasteiger partial charge in [-0.3, -0.25) is 9.80 Å². The van der Waals surface area contributed by atoms with Crippen molar-refractivity contribution in [1.29, 1.82) is 0 Å². The van der Waals surface area contributed by atoms with Crippen LogP contribution in [0.15, 0.2) is 36.4 Å². The van der Waals surface area contributed by atoms with Crippen LogP contribution in [-0.4, -0.2) is 66.9 Å². The molecule has 1 aliphatic rings. The normalized spacial score (nSPS) is 15.1. The van der Waals surface area contributed by atoms with E-state index in [1.165, 1.54) is 12.1 Å². The average molecular weight is 519 g/mol. The smallest absolute Gasteiger partial charge is 0.416 e. The Kier molecular flexibility index (Phi) is 7.99. The third-order valence-electron chi connectivity index (χ3n) is 6.97. The molecule has 0 radical (unpaired) electrons. The van der Waals surface area contributed by atoms with Crippen molar-refractivity contribution < 1.29 is 27.4 Å². The van der Waals surface area contributed by atoms with E-state index in [1.54, 1.807) is 21.3 Å². The number of halogens is 3. The van der Waals surface area contributed by atoms with Crippen molar-refractivity contribution in [3.05, 3.63) is 58.9 Å². The van der Waals surface area contributed by atoms with Crippen LogP contribution in [0.5, 0.6) is 17.2 Å². The van der Waals surface area contributed by atoms with Gasteiger partial charge in [0.15, 0.2) is 11.5 Å². The molecule has 0 spiro atoms. The number of alkyl halides is 3. The second-order valence-corrected chi connectivity index (χ2v) is 9.15. The lowest BCUT2D eigenvalue weighted by Crippen LogP contribution is -2.45. The molecule has 4 rings (SSSR count). The molecule has 0 atom stereocenters. The van der Waals surface area contributed by atoms with Crippen LogP contribution < -0.4 is 14.2 Å². The molecule has 0 N–H and O–H groups in total. The van der Waals surface area contributed by atoms with E-state index in [0.29, 0.717) is 35.2 Å². The van der Waals surface area contributed by atoms with Crippen molar-refractivity contribution in [2.75, 3.05) is 47.5 Å². The molecule has 2 aromatic carbocycles. The van der Waals surface area contributed by atoms with Crippen LogP contribution in [0.25, 0.3) is 11.4 Å². The van der Waals surface area contributed by atoms with Crippen LogP contribution in [0, 0.1) is 6.92 Å². The summed E-state index contributed by atoms with van der Waals surface area (Å²) in [6, 6.07) is 9.07. The standard InChI is InChI=1S/C27H33F3N4O3/c1-18-22(31-26(32(18)2)19-6-9-21(10-7-19)27(28,29)30)17-34-14-12-33(13-15-34)16-20-8-11-23(35-3)25(37-5)24(20)36-4/h6-11H,12-17H2,1-5H3. The van der Waals surface area contributed by atoms with Gasteiger partial charge in [-0.05, 0) is 25.1 Å². The minimum atomic E-state index is -4.35. The van der Waals surface area contributed by atoms with Crippen molar-refractivity contribution in [1.82, 2.24) is 19.4 Å². The number of ether oxygens (including phenoxy) is 3. The number of imidazole rings is 1. The van der Waals surface area contributed by atoms with E-state index >= 15 is 0 Å². The average Bonchev–Trinajstić information content (AvgIpc) is 3.17. The molecule has 37 heavy (non-hydrogen) atoms. The molecule has 2 heterocycles. The Morgan fingerprint density at radius 3 is 1.95 bits per heavy atom. The van der Waals surface area contributed by atoms with Crippen LogP contribution >= 0.6 is 0 Å². The molecule has 10 heteroatoms. The third kappa shape index (κ3) is 5.70. The van der Waals surface area contributed by atoms with Gasteiger partial charge in [-0.1, -0.05) is 18.2 Å². The minimum Gasteiger partial charge on any atom is -0.493 e. The lowest BCUT2D eigenvalue weighted by atomic mass is 10.1. The van der Waals surface area contributed by atoms with Gasteiger partial charge in [-0.2, -0.15) is 13.2 Å². The number of hydrogen-bond acceptors (Lipinski definition) is 6. The van der Waals surface area contributed by atoms with Crippen molar-refractivity contribution in [2.45, 2.75) is 26.2 Å². The summed E-state index contributed by atoms with van der Waals surface area (Å²) in [6.45, 7) is 6.94. The van der Waals surface area contributed by atoms with E-state index in [1.807, 2.05) is 30.7 Å². The van der Waals surface area contributed by atoms with Crippen molar-refractivity contribution in [3.63, 3.8) is 0 Å². The minimum absolute atomic E-state index is 0.593. The fourth-order valence-corrected chi connectivity index (χ4v) is 4.70. The van der Waals surface area contributed by atoms with Crippen LogP contribution in [0.1, 0.15) is 22.5 Å². The van der Waals surface area contributed by atoms with Crippen LogP contribution in [0.4, 0.5) is 13.2 Å². The van der Waals surface area contributed by atoms with Gasteiger partial charge in [0, 0.05) is 63.1 Å². The van der Waals surface area contributed by atoms with Crippen molar-refractivity contribution >= 4 is 0 Å². The van der Waals surface area contributed by atoms with E-state index in [0.717, 1.165) is 61.8 Å². The van der Waals surface area contributed by atoms with Crippen LogP contribution in [-0.2, 0) is 26.3 Å². The molecule has 0 unspecified atom stereocenters. The second kappa shape index (κ2) is 11.0. The predicted molar refractivity (Wildman–Crippen MR) is 135 cm³/mol. The summed E-state index contributed by atoms with van der Waals surface area (Å²) in [5.41, 5.74) is 2.99. The van der Waals surface area contributed by atoms with Crippen LogP contribution in [0.3, 0.4) is 0 Å². The first-order valence-corrected chi connectivity index (χ1v) is 12.1. The summed E-state index contributed by atoms with van der Waals surface area (Å²) in [6.07, 6.45) is -4.35. The molecule has 1 fully saturated rings. The molecule has 1 aliphatic heterocycles. The number of benzene rings is 2. The zero-order valence-corrected chi connectivity index (χ0v) is 21.9. The highest BCUT2D eigenvalue weighted by molar-refractivity contribution is 5.58. The lowest BCUT2D eigenvalue weighted by molar-refractivity contribution is -0.137. The molecule has 3 aromatic rings.